The highest BCUT2D eigenvalue weighted by atomic mass is 19.4. The summed E-state index contributed by atoms with van der Waals surface area (Å²) in [5, 5.41) is 5.52. The number of aryl methyl sites for hydroxylation is 1. The Morgan fingerprint density at radius 1 is 1.18 bits per heavy atom. The standard InChI is InChI=1S/C14H12F3N3O2/c1-20-11(21)8-7-10(19-20)13(22)18-12(14(15,16)17)9-5-3-2-4-6-9/h2-8,12H,1H3,(H,18,22)/t12-/m1/s1. The maximum Gasteiger partial charge on any atom is 0.412 e. The van der Waals surface area contributed by atoms with Crippen molar-refractivity contribution in [3.8, 4) is 0 Å². The first kappa shape index (κ1) is 15.7. The maximum atomic E-state index is 13.1. The minimum atomic E-state index is -4.66. The minimum absolute atomic E-state index is 0.0897. The number of nitrogens with one attached hydrogen (secondary N) is 1. The Morgan fingerprint density at radius 3 is 2.36 bits per heavy atom. The highest BCUT2D eigenvalue weighted by Gasteiger charge is 2.42. The lowest BCUT2D eigenvalue weighted by molar-refractivity contribution is -0.155. The van der Waals surface area contributed by atoms with Crippen LogP contribution in [0, 0.1) is 0 Å². The molecule has 1 aromatic heterocycles. The van der Waals surface area contributed by atoms with Crippen LogP contribution in [-0.4, -0.2) is 21.9 Å². The minimum Gasteiger partial charge on any atom is -0.335 e. The van der Waals surface area contributed by atoms with E-state index in [9.17, 15) is 22.8 Å². The fraction of sp³-hybridized carbons (Fsp3) is 0.214. The van der Waals surface area contributed by atoms with Crippen molar-refractivity contribution >= 4 is 5.91 Å². The Morgan fingerprint density at radius 2 is 1.82 bits per heavy atom. The van der Waals surface area contributed by atoms with Gasteiger partial charge in [-0.15, -0.1) is 0 Å². The maximum absolute atomic E-state index is 13.1. The van der Waals surface area contributed by atoms with Gasteiger partial charge < -0.3 is 5.32 Å². The van der Waals surface area contributed by atoms with E-state index in [1.165, 1.54) is 31.3 Å². The number of nitrogens with zero attached hydrogens (tertiary/aromatic N) is 2. The highest BCUT2D eigenvalue weighted by Crippen LogP contribution is 2.32. The summed E-state index contributed by atoms with van der Waals surface area (Å²) in [5.41, 5.74) is -0.826. The quantitative estimate of drug-likeness (QED) is 0.940. The molecule has 0 spiro atoms. The van der Waals surface area contributed by atoms with Gasteiger partial charge in [-0.2, -0.15) is 18.3 Å². The normalized spacial score (nSPS) is 12.7. The average molecular weight is 311 g/mol. The first-order valence-electron chi connectivity index (χ1n) is 6.26. The lowest BCUT2D eigenvalue weighted by atomic mass is 10.1. The molecule has 2 aromatic rings. The summed E-state index contributed by atoms with van der Waals surface area (Å²) < 4.78 is 40.3. The van der Waals surface area contributed by atoms with Gasteiger partial charge in [0.15, 0.2) is 6.04 Å². The van der Waals surface area contributed by atoms with Gasteiger partial charge >= 0.3 is 6.18 Å². The first-order chi connectivity index (χ1) is 10.3. The number of aromatic nitrogens is 2. The van der Waals surface area contributed by atoms with Gasteiger partial charge in [0.25, 0.3) is 11.5 Å². The van der Waals surface area contributed by atoms with Crippen molar-refractivity contribution in [3.05, 3.63) is 64.1 Å². The number of rotatable bonds is 3. The molecule has 2 rings (SSSR count). The molecule has 22 heavy (non-hydrogen) atoms. The van der Waals surface area contributed by atoms with Crippen LogP contribution in [0.15, 0.2) is 47.3 Å². The van der Waals surface area contributed by atoms with Crippen LogP contribution in [0.2, 0.25) is 0 Å². The van der Waals surface area contributed by atoms with Crippen molar-refractivity contribution in [1.29, 1.82) is 0 Å². The number of amides is 1. The largest absolute Gasteiger partial charge is 0.412 e. The predicted octanol–water partition coefficient (Wildman–Crippen LogP) is 1.81. The summed E-state index contributed by atoms with van der Waals surface area (Å²) in [5.74, 6) is -1.01. The molecule has 1 N–H and O–H groups in total. The molecule has 1 atom stereocenters. The smallest absolute Gasteiger partial charge is 0.335 e. The number of alkyl halides is 3. The van der Waals surface area contributed by atoms with Crippen LogP contribution in [0.3, 0.4) is 0 Å². The molecule has 0 aliphatic heterocycles. The SMILES string of the molecule is Cn1nc(C(=O)N[C@H](c2ccccc2)C(F)(F)F)ccc1=O. The van der Waals surface area contributed by atoms with E-state index in [2.05, 4.69) is 5.10 Å². The van der Waals surface area contributed by atoms with Gasteiger partial charge in [-0.3, -0.25) is 9.59 Å². The molecule has 0 unspecified atom stereocenters. The van der Waals surface area contributed by atoms with Crippen molar-refractivity contribution in [2.75, 3.05) is 0 Å². The van der Waals surface area contributed by atoms with Crippen LogP contribution < -0.4 is 10.9 Å². The molecular weight excluding hydrogens is 299 g/mol. The van der Waals surface area contributed by atoms with E-state index in [0.717, 1.165) is 16.8 Å². The Hall–Kier alpha value is -2.64. The molecule has 0 aliphatic rings. The van der Waals surface area contributed by atoms with E-state index in [4.69, 9.17) is 0 Å². The van der Waals surface area contributed by atoms with E-state index in [1.54, 1.807) is 6.07 Å². The highest BCUT2D eigenvalue weighted by molar-refractivity contribution is 5.92. The third-order valence-corrected chi connectivity index (χ3v) is 2.93. The molecule has 1 amide bonds. The van der Waals surface area contributed by atoms with Crippen LogP contribution in [0.25, 0.3) is 0 Å². The second kappa shape index (κ2) is 6.00. The fourth-order valence-corrected chi connectivity index (χ4v) is 1.83. The number of hydrogen-bond acceptors (Lipinski definition) is 3. The summed E-state index contributed by atoms with van der Waals surface area (Å²) in [4.78, 5) is 23.1. The summed E-state index contributed by atoms with van der Waals surface area (Å²) in [6.07, 6.45) is -4.66. The summed E-state index contributed by atoms with van der Waals surface area (Å²) in [6.45, 7) is 0. The molecule has 0 aliphatic carbocycles. The van der Waals surface area contributed by atoms with Crippen molar-refractivity contribution in [3.63, 3.8) is 0 Å². The number of carbonyl (C=O) groups excluding carboxylic acids is 1. The topological polar surface area (TPSA) is 64.0 Å². The lowest BCUT2D eigenvalue weighted by Gasteiger charge is -2.21. The van der Waals surface area contributed by atoms with Gasteiger partial charge in [0.1, 0.15) is 5.69 Å². The van der Waals surface area contributed by atoms with Crippen LogP contribution in [0.5, 0.6) is 0 Å². The average Bonchev–Trinajstić information content (AvgIpc) is 2.47. The molecule has 116 valence electrons. The number of halogens is 3. The van der Waals surface area contributed by atoms with Gasteiger partial charge in [-0.25, -0.2) is 4.68 Å². The van der Waals surface area contributed by atoms with Crippen molar-refractivity contribution in [2.24, 2.45) is 7.05 Å². The summed E-state index contributed by atoms with van der Waals surface area (Å²) >= 11 is 0. The molecule has 0 bridgehead atoms. The van der Waals surface area contributed by atoms with E-state index in [0.29, 0.717) is 0 Å². The van der Waals surface area contributed by atoms with Gasteiger partial charge in [-0.1, -0.05) is 30.3 Å². The van der Waals surface area contributed by atoms with Gasteiger partial charge in [0.05, 0.1) is 0 Å². The van der Waals surface area contributed by atoms with Gasteiger partial charge in [-0.05, 0) is 11.6 Å². The second-order valence-corrected chi connectivity index (χ2v) is 4.54. The predicted molar refractivity (Wildman–Crippen MR) is 72.2 cm³/mol. The monoisotopic (exact) mass is 311 g/mol. The molecule has 0 radical (unpaired) electrons. The number of hydrogen-bond donors (Lipinski definition) is 1. The van der Waals surface area contributed by atoms with Crippen molar-refractivity contribution in [1.82, 2.24) is 15.1 Å². The summed E-state index contributed by atoms with van der Waals surface area (Å²) in [7, 11) is 1.30. The van der Waals surface area contributed by atoms with E-state index >= 15 is 0 Å². The van der Waals surface area contributed by atoms with E-state index < -0.39 is 23.7 Å². The number of carbonyl (C=O) groups is 1. The molecule has 0 fully saturated rings. The molecule has 5 nitrogen and oxygen atoms in total. The Bertz CT molecular complexity index is 726. The van der Waals surface area contributed by atoms with Gasteiger partial charge in [0.2, 0.25) is 0 Å². The van der Waals surface area contributed by atoms with Crippen LogP contribution in [0.4, 0.5) is 13.2 Å². The zero-order valence-electron chi connectivity index (χ0n) is 11.5. The molecule has 1 aromatic carbocycles. The first-order valence-corrected chi connectivity index (χ1v) is 6.26. The summed E-state index contributed by atoms with van der Waals surface area (Å²) in [6, 6.07) is 7.01. The second-order valence-electron chi connectivity index (χ2n) is 4.54. The fourth-order valence-electron chi connectivity index (χ4n) is 1.83. The van der Waals surface area contributed by atoms with Crippen LogP contribution in [0.1, 0.15) is 22.1 Å². The van der Waals surface area contributed by atoms with Gasteiger partial charge in [0, 0.05) is 13.1 Å². The molecule has 1 heterocycles. The molecule has 8 heteroatoms. The Labute approximate surface area is 123 Å². The number of benzene rings is 1. The van der Waals surface area contributed by atoms with Crippen molar-refractivity contribution in [2.45, 2.75) is 12.2 Å². The van der Waals surface area contributed by atoms with Crippen molar-refractivity contribution < 1.29 is 18.0 Å². The zero-order valence-corrected chi connectivity index (χ0v) is 11.5. The third kappa shape index (κ3) is 3.51. The zero-order chi connectivity index (χ0) is 16.3. The molecule has 0 saturated heterocycles. The van der Waals surface area contributed by atoms with E-state index in [-0.39, 0.29) is 11.3 Å². The van der Waals surface area contributed by atoms with Crippen LogP contribution >= 0.6 is 0 Å². The lowest BCUT2D eigenvalue weighted by Crippen LogP contribution is -2.39. The third-order valence-electron chi connectivity index (χ3n) is 2.93. The van der Waals surface area contributed by atoms with Crippen LogP contribution in [-0.2, 0) is 7.05 Å². The Kier molecular flexibility index (Phi) is 4.30. The molecule has 0 saturated carbocycles. The Balaban J connectivity index is 2.29. The van der Waals surface area contributed by atoms with E-state index in [1.807, 2.05) is 5.32 Å². The molecular formula is C14H12F3N3O2.